The van der Waals surface area contributed by atoms with Gasteiger partial charge in [-0.25, -0.2) is 8.42 Å². The third-order valence-corrected chi connectivity index (χ3v) is 6.70. The number of amides is 1. The Morgan fingerprint density at radius 2 is 2.16 bits per heavy atom. The van der Waals surface area contributed by atoms with Crippen molar-refractivity contribution in [1.29, 1.82) is 0 Å². The van der Waals surface area contributed by atoms with E-state index in [1.807, 2.05) is 0 Å². The molecule has 0 spiro atoms. The van der Waals surface area contributed by atoms with Crippen molar-refractivity contribution in [3.63, 3.8) is 0 Å². The maximum atomic E-state index is 12.7. The molecule has 0 unspecified atom stereocenters. The van der Waals surface area contributed by atoms with E-state index in [4.69, 9.17) is 4.74 Å². The van der Waals surface area contributed by atoms with Crippen LogP contribution in [0.25, 0.3) is 4.91 Å². The Morgan fingerprint density at radius 1 is 1.32 bits per heavy atom. The first-order chi connectivity index (χ1) is 12.0. The van der Waals surface area contributed by atoms with E-state index in [-0.39, 0.29) is 17.8 Å². The minimum absolute atomic E-state index is 0.0892. The van der Waals surface area contributed by atoms with Gasteiger partial charge < -0.3 is 9.64 Å². The second-order valence-corrected chi connectivity index (χ2v) is 8.84. The van der Waals surface area contributed by atoms with Gasteiger partial charge in [0.1, 0.15) is 0 Å². The molecular weight excluding hydrogens is 338 g/mol. The molecule has 136 valence electrons. The van der Waals surface area contributed by atoms with Crippen molar-refractivity contribution in [2.75, 3.05) is 26.0 Å². The van der Waals surface area contributed by atoms with Gasteiger partial charge in [0.05, 0.1) is 16.8 Å². The van der Waals surface area contributed by atoms with E-state index in [0.29, 0.717) is 29.0 Å². The number of carbonyl (C=O) groups excluding carboxylic acids is 1. The topological polar surface area (TPSA) is 63.7 Å². The molecule has 1 aromatic rings. The molecule has 0 N–H and O–H groups in total. The van der Waals surface area contributed by atoms with Crippen molar-refractivity contribution in [3.8, 4) is 0 Å². The number of rotatable bonds is 5. The third kappa shape index (κ3) is 4.30. The summed E-state index contributed by atoms with van der Waals surface area (Å²) in [6.45, 7) is 1.45. The van der Waals surface area contributed by atoms with Gasteiger partial charge in [-0.15, -0.1) is 0 Å². The van der Waals surface area contributed by atoms with Crippen molar-refractivity contribution in [2.45, 2.75) is 38.2 Å². The number of allylic oxidation sites excluding steroid dienone is 1. The highest BCUT2D eigenvalue weighted by Gasteiger charge is 2.25. The molecule has 2 heterocycles. The number of hydrogen-bond donors (Lipinski definition) is 0. The largest absolute Gasteiger partial charge is 0.378 e. The first kappa shape index (κ1) is 18.1. The van der Waals surface area contributed by atoms with E-state index < -0.39 is 9.84 Å². The SMILES string of the molecule is CN(CC[C@@H]1CCCCO1)C(=O)c1cccc(C2=CCCS2(=O)=O)c1. The van der Waals surface area contributed by atoms with Gasteiger partial charge in [-0.05, 0) is 49.8 Å². The zero-order valence-corrected chi connectivity index (χ0v) is 15.4. The fraction of sp³-hybridized carbons (Fsp3) is 0.526. The number of hydrogen-bond acceptors (Lipinski definition) is 4. The molecule has 1 aromatic carbocycles. The lowest BCUT2D eigenvalue weighted by Crippen LogP contribution is -2.31. The van der Waals surface area contributed by atoms with Crippen LogP contribution in [0.2, 0.25) is 0 Å². The van der Waals surface area contributed by atoms with Crippen LogP contribution in [0.15, 0.2) is 30.3 Å². The van der Waals surface area contributed by atoms with Gasteiger partial charge >= 0.3 is 0 Å². The maximum Gasteiger partial charge on any atom is 0.253 e. The van der Waals surface area contributed by atoms with Crippen LogP contribution in [0.4, 0.5) is 0 Å². The number of nitrogens with zero attached hydrogens (tertiary/aromatic N) is 1. The number of sulfone groups is 1. The summed E-state index contributed by atoms with van der Waals surface area (Å²) in [6, 6.07) is 6.92. The van der Waals surface area contributed by atoms with Gasteiger partial charge in [0.2, 0.25) is 0 Å². The molecule has 1 atom stereocenters. The zero-order chi connectivity index (χ0) is 17.9. The normalized spacial score (nSPS) is 22.4. The predicted octanol–water partition coefficient (Wildman–Crippen LogP) is 2.88. The first-order valence-corrected chi connectivity index (χ1v) is 10.5. The van der Waals surface area contributed by atoms with Crippen LogP contribution in [0.5, 0.6) is 0 Å². The molecule has 0 aliphatic carbocycles. The summed E-state index contributed by atoms with van der Waals surface area (Å²) in [7, 11) is -1.43. The molecule has 0 saturated carbocycles. The van der Waals surface area contributed by atoms with Crippen molar-refractivity contribution < 1.29 is 17.9 Å². The minimum atomic E-state index is -3.21. The van der Waals surface area contributed by atoms with E-state index in [0.717, 1.165) is 25.9 Å². The molecule has 2 aliphatic heterocycles. The highest BCUT2D eigenvalue weighted by atomic mass is 32.2. The molecule has 0 bridgehead atoms. The second kappa shape index (κ2) is 7.70. The fourth-order valence-electron chi connectivity index (χ4n) is 3.38. The standard InChI is InChI=1S/C19H25NO4S/c1-20(11-10-17-8-2-3-12-24-17)19(21)16-7-4-6-15(14-16)18-9-5-13-25(18,22)23/h4,6-7,9,14,17H,2-3,5,8,10-13H2,1H3/t17-/m0/s1. The van der Waals surface area contributed by atoms with E-state index in [1.54, 1.807) is 42.3 Å². The van der Waals surface area contributed by atoms with Gasteiger partial charge in [0.25, 0.3) is 5.91 Å². The number of ether oxygens (including phenoxy) is 1. The Kier molecular flexibility index (Phi) is 5.59. The van der Waals surface area contributed by atoms with Crippen LogP contribution in [0.3, 0.4) is 0 Å². The summed E-state index contributed by atoms with van der Waals surface area (Å²) >= 11 is 0. The van der Waals surface area contributed by atoms with E-state index in [2.05, 4.69) is 0 Å². The third-order valence-electron chi connectivity index (χ3n) is 4.85. The maximum absolute atomic E-state index is 12.7. The molecule has 5 nitrogen and oxygen atoms in total. The van der Waals surface area contributed by atoms with Gasteiger partial charge in [0, 0.05) is 25.8 Å². The summed E-state index contributed by atoms with van der Waals surface area (Å²) in [5.74, 6) is 0.0654. The Morgan fingerprint density at radius 3 is 2.84 bits per heavy atom. The van der Waals surface area contributed by atoms with E-state index in [9.17, 15) is 13.2 Å². The summed E-state index contributed by atoms with van der Waals surface area (Å²) in [5, 5.41) is 0. The van der Waals surface area contributed by atoms with Gasteiger partial charge in [0.15, 0.2) is 9.84 Å². The Labute approximate surface area is 149 Å². The average Bonchev–Trinajstić information content (AvgIpc) is 2.99. The van der Waals surface area contributed by atoms with Gasteiger partial charge in [-0.2, -0.15) is 0 Å². The van der Waals surface area contributed by atoms with Crippen LogP contribution in [0.1, 0.15) is 48.0 Å². The van der Waals surface area contributed by atoms with Crippen LogP contribution >= 0.6 is 0 Å². The molecular formula is C19H25NO4S. The summed E-state index contributed by atoms with van der Waals surface area (Å²) < 4.78 is 29.9. The van der Waals surface area contributed by atoms with Crippen LogP contribution in [-0.4, -0.2) is 51.3 Å². The highest BCUT2D eigenvalue weighted by molar-refractivity contribution is 8.00. The van der Waals surface area contributed by atoms with Crippen molar-refractivity contribution in [2.24, 2.45) is 0 Å². The van der Waals surface area contributed by atoms with Crippen molar-refractivity contribution in [1.82, 2.24) is 4.90 Å². The monoisotopic (exact) mass is 363 g/mol. The lowest BCUT2D eigenvalue weighted by atomic mass is 10.1. The molecule has 1 fully saturated rings. The quantitative estimate of drug-likeness (QED) is 0.807. The Hall–Kier alpha value is -1.66. The van der Waals surface area contributed by atoms with Gasteiger partial charge in [-0.1, -0.05) is 18.2 Å². The summed E-state index contributed by atoms with van der Waals surface area (Å²) in [6.07, 6.45) is 6.72. The summed E-state index contributed by atoms with van der Waals surface area (Å²) in [5.41, 5.74) is 1.12. The average molecular weight is 363 g/mol. The molecule has 3 rings (SSSR count). The molecule has 6 heteroatoms. The van der Waals surface area contributed by atoms with Crippen molar-refractivity contribution >= 4 is 20.6 Å². The Balaban J connectivity index is 1.66. The molecule has 25 heavy (non-hydrogen) atoms. The Bertz CT molecular complexity index is 763. The number of carbonyl (C=O) groups is 1. The zero-order valence-electron chi connectivity index (χ0n) is 14.6. The summed E-state index contributed by atoms with van der Waals surface area (Å²) in [4.78, 5) is 14.7. The van der Waals surface area contributed by atoms with Crippen LogP contribution in [-0.2, 0) is 14.6 Å². The first-order valence-electron chi connectivity index (χ1n) is 8.88. The molecule has 0 radical (unpaired) electrons. The van der Waals surface area contributed by atoms with Gasteiger partial charge in [-0.3, -0.25) is 4.79 Å². The van der Waals surface area contributed by atoms with E-state index in [1.165, 1.54) is 6.42 Å². The fourth-order valence-corrected chi connectivity index (χ4v) is 4.89. The van der Waals surface area contributed by atoms with Crippen LogP contribution in [0, 0.1) is 0 Å². The van der Waals surface area contributed by atoms with Crippen molar-refractivity contribution in [3.05, 3.63) is 41.5 Å². The molecule has 2 aliphatic rings. The lowest BCUT2D eigenvalue weighted by Gasteiger charge is -2.25. The lowest BCUT2D eigenvalue weighted by molar-refractivity contribution is 0.00709. The molecule has 0 aromatic heterocycles. The number of benzene rings is 1. The highest BCUT2D eigenvalue weighted by Crippen LogP contribution is 2.29. The molecule has 1 saturated heterocycles. The smallest absolute Gasteiger partial charge is 0.253 e. The molecule has 1 amide bonds. The second-order valence-electron chi connectivity index (χ2n) is 6.76. The van der Waals surface area contributed by atoms with Crippen LogP contribution < -0.4 is 0 Å². The minimum Gasteiger partial charge on any atom is -0.378 e. The predicted molar refractivity (Wildman–Crippen MR) is 98.0 cm³/mol. The van der Waals surface area contributed by atoms with E-state index >= 15 is 0 Å².